The topological polar surface area (TPSA) is 141 Å². The SMILES string of the molecule is CCCCCCCCCCCCCCCCC(CCCCCCCCCCCCCCCC)C(=O)NCC1O[C@H](O[C@H]2OC(CNC(=O)C(CCCCCCCCCCCCCCCC)CCCCCCCCCCCCCCCC)[C@@H](OCc3ccccc3)[C@H](OCc3ccccc3)C2OCc2ccccc2)C(OCc2ccccc2)[C@@H](OCc2ccccc2)[C@@H]1OCc1ccccc1. The van der Waals surface area contributed by atoms with Crippen molar-refractivity contribution in [1.82, 2.24) is 10.6 Å². The second-order valence-corrected chi connectivity index (χ2v) is 40.2. The van der Waals surface area contributed by atoms with Crippen molar-refractivity contribution in [2.45, 2.75) is 514 Å². The van der Waals surface area contributed by atoms with E-state index in [0.717, 1.165) is 110 Å². The molecule has 0 spiro atoms. The molecule has 2 fully saturated rings. The Labute approximate surface area is 824 Å². The van der Waals surface area contributed by atoms with Crippen LogP contribution in [0.5, 0.6) is 0 Å². The van der Waals surface area contributed by atoms with Crippen molar-refractivity contribution in [3.05, 3.63) is 215 Å². The van der Waals surface area contributed by atoms with Gasteiger partial charge in [-0.1, -0.05) is 569 Å². The maximum Gasteiger partial charge on any atom is 0.223 e. The summed E-state index contributed by atoms with van der Waals surface area (Å²) in [4.78, 5) is 31.3. The van der Waals surface area contributed by atoms with Crippen LogP contribution in [0, 0.1) is 11.8 Å². The molecule has 2 saturated heterocycles. The van der Waals surface area contributed by atoms with Crippen LogP contribution in [0.15, 0.2) is 182 Å². The lowest BCUT2D eigenvalue weighted by atomic mass is 9.92. The number of benzene rings is 6. The predicted molar refractivity (Wildman–Crippen MR) is 561 cm³/mol. The van der Waals surface area contributed by atoms with Crippen LogP contribution >= 0.6 is 0 Å². The van der Waals surface area contributed by atoms with Gasteiger partial charge in [-0.2, -0.15) is 0 Å². The highest BCUT2D eigenvalue weighted by Gasteiger charge is 2.55. The van der Waals surface area contributed by atoms with Crippen LogP contribution in [0.4, 0.5) is 0 Å². The van der Waals surface area contributed by atoms with Gasteiger partial charge in [0.15, 0.2) is 12.6 Å². The van der Waals surface area contributed by atoms with E-state index in [9.17, 15) is 0 Å². The summed E-state index contributed by atoms with van der Waals surface area (Å²) in [6.45, 7) is 10.7. The van der Waals surface area contributed by atoms with Gasteiger partial charge in [0.05, 0.1) is 39.6 Å². The third-order valence-corrected chi connectivity index (χ3v) is 28.5. The van der Waals surface area contributed by atoms with E-state index in [-0.39, 0.29) is 76.4 Å². The van der Waals surface area contributed by atoms with Gasteiger partial charge in [0.2, 0.25) is 11.8 Å². The van der Waals surface area contributed by atoms with E-state index in [1.807, 2.05) is 109 Å². The average molecular weight is 1860 g/mol. The van der Waals surface area contributed by atoms with Crippen LogP contribution in [0.2, 0.25) is 0 Å². The Bertz CT molecular complexity index is 3370. The number of hydrogen-bond donors (Lipinski definition) is 2. The summed E-state index contributed by atoms with van der Waals surface area (Å²) in [6, 6.07) is 61.5. The van der Waals surface area contributed by atoms with Crippen LogP contribution in [-0.4, -0.2) is 86.3 Å². The number of hydrogen-bond acceptors (Lipinski definition) is 11. The molecule has 0 aliphatic carbocycles. The van der Waals surface area contributed by atoms with Crippen LogP contribution in [0.1, 0.15) is 446 Å². The molecule has 4 unspecified atom stereocenters. The van der Waals surface area contributed by atoms with E-state index in [4.69, 9.17) is 42.6 Å². The fraction of sp³-hybridized carbons (Fsp3) is 0.689. The Hall–Kier alpha value is -6.10. The highest BCUT2D eigenvalue weighted by molar-refractivity contribution is 5.79. The van der Waals surface area contributed by atoms with Gasteiger partial charge in [0.1, 0.15) is 48.8 Å². The van der Waals surface area contributed by atoms with Gasteiger partial charge in [-0.15, -0.1) is 0 Å². The molecule has 0 bridgehead atoms. The molecule has 2 N–H and O–H groups in total. The van der Waals surface area contributed by atoms with Gasteiger partial charge in [-0.25, -0.2) is 0 Å². The summed E-state index contributed by atoms with van der Waals surface area (Å²) in [5.41, 5.74) is 5.81. The van der Waals surface area contributed by atoms with Gasteiger partial charge in [0.25, 0.3) is 0 Å². The van der Waals surface area contributed by atoms with Gasteiger partial charge in [0, 0.05) is 24.9 Å². The van der Waals surface area contributed by atoms with E-state index in [1.54, 1.807) is 0 Å². The first-order chi connectivity index (χ1) is 66.8. The Kier molecular flexibility index (Phi) is 65.6. The second kappa shape index (κ2) is 77.6. The van der Waals surface area contributed by atoms with E-state index in [1.165, 1.54) is 308 Å². The summed E-state index contributed by atoms with van der Waals surface area (Å²) in [5, 5.41) is 7.16. The fourth-order valence-electron chi connectivity index (χ4n) is 20.0. The molecule has 8 rings (SSSR count). The van der Waals surface area contributed by atoms with Crippen molar-refractivity contribution in [1.29, 1.82) is 0 Å². The van der Waals surface area contributed by atoms with Gasteiger partial charge in [-0.05, 0) is 59.1 Å². The van der Waals surface area contributed by atoms with Crippen molar-refractivity contribution in [2.24, 2.45) is 11.8 Å². The summed E-state index contributed by atoms with van der Waals surface area (Å²) >= 11 is 0. The largest absolute Gasteiger partial charge is 0.368 e. The standard InChI is InChI=1S/C122H192N2O11/c1-5-9-13-17-21-25-29-33-37-41-45-49-53-75-91-109(92-76-54-50-46-42-38-34-30-26-22-18-14-10-6-2)119(125)123-95-111-113(127-97-103-79-63-57-64-80-103)115(129-99-105-83-67-59-68-84-105)117(131-101-107-87-71-61-72-88-107)121(133-111)135-122-118(132-102-108-89-73-62-74-90-108)116(130-100-106-85-69-60-70-86-106)114(128-98-104-81-65-58-66-82-104)112(134-122)96-124-120(126)110(93-77-55-51-47-43-39-35-31-27-23-19-15-11-7-3)94-78-56-52-48-44-40-36-32-28-24-20-16-12-8-4/h57-74,79-90,109-118,121-122H,5-56,75-78,91-102H2,1-4H3,(H,123,125)(H,124,126)/t111?,112?,113-,114-,115+,116+,117?,118?,121-,122-/m1/s1. The minimum Gasteiger partial charge on any atom is -0.368 e. The average Bonchev–Trinajstić information content (AvgIpc) is 0.766. The molecule has 6 aromatic carbocycles. The number of nitrogens with one attached hydrogen (secondary N) is 2. The second-order valence-electron chi connectivity index (χ2n) is 40.2. The summed E-state index contributed by atoms with van der Waals surface area (Å²) in [5.74, 6) is -0.254. The molecule has 0 aromatic heterocycles. The third-order valence-electron chi connectivity index (χ3n) is 28.5. The van der Waals surface area contributed by atoms with Gasteiger partial charge < -0.3 is 53.3 Å². The van der Waals surface area contributed by atoms with Crippen LogP contribution in [-0.2, 0) is 91.9 Å². The normalized spacial score (nSPS) is 18.5. The van der Waals surface area contributed by atoms with E-state index >= 15 is 9.59 Å². The molecule has 13 heteroatoms. The molecule has 13 nitrogen and oxygen atoms in total. The number of ether oxygens (including phenoxy) is 9. The monoisotopic (exact) mass is 1860 g/mol. The minimum absolute atomic E-state index is 0.0442. The lowest BCUT2D eigenvalue weighted by Gasteiger charge is -2.50. The highest BCUT2D eigenvalue weighted by atomic mass is 16.8. The predicted octanol–water partition coefficient (Wildman–Crippen LogP) is 32.9. The molecule has 135 heavy (non-hydrogen) atoms. The Morgan fingerprint density at radius 1 is 0.222 bits per heavy atom. The molecule has 6 aromatic rings. The Morgan fingerprint density at radius 3 is 0.570 bits per heavy atom. The van der Waals surface area contributed by atoms with Gasteiger partial charge >= 0.3 is 0 Å². The molecule has 756 valence electrons. The number of rotatable bonds is 86. The summed E-state index contributed by atoms with van der Waals surface area (Å²) < 4.78 is 67.7. The zero-order valence-corrected chi connectivity index (χ0v) is 85.8. The van der Waals surface area contributed by atoms with Crippen molar-refractivity contribution in [3.8, 4) is 0 Å². The lowest BCUT2D eigenvalue weighted by Crippen LogP contribution is -2.67. The highest BCUT2D eigenvalue weighted by Crippen LogP contribution is 2.38. The smallest absolute Gasteiger partial charge is 0.223 e. The molecule has 0 radical (unpaired) electrons. The molecule has 2 aliphatic rings. The zero-order valence-electron chi connectivity index (χ0n) is 85.8. The molecule has 2 aliphatic heterocycles. The van der Waals surface area contributed by atoms with E-state index in [2.05, 4.69) is 111 Å². The van der Waals surface area contributed by atoms with E-state index < -0.39 is 61.4 Å². The quantitative estimate of drug-likeness (QED) is 0.0353. The van der Waals surface area contributed by atoms with Crippen LogP contribution in [0.25, 0.3) is 0 Å². The van der Waals surface area contributed by atoms with Crippen molar-refractivity contribution in [3.63, 3.8) is 0 Å². The van der Waals surface area contributed by atoms with Crippen molar-refractivity contribution in [2.75, 3.05) is 13.1 Å². The first kappa shape index (κ1) is 114. The maximum atomic E-state index is 15.6. The minimum atomic E-state index is -1.24. The van der Waals surface area contributed by atoms with E-state index in [0.29, 0.717) is 0 Å². The molecule has 2 amide bonds. The molecule has 10 atom stereocenters. The molecule has 0 saturated carbocycles. The Morgan fingerprint density at radius 2 is 0.385 bits per heavy atom. The zero-order chi connectivity index (χ0) is 94.6. The number of carbonyl (C=O) groups is 2. The van der Waals surface area contributed by atoms with Crippen molar-refractivity contribution < 1.29 is 52.2 Å². The summed E-state index contributed by atoms with van der Waals surface area (Å²) in [6.07, 6.45) is 65.9. The Balaban J connectivity index is 1.11. The van der Waals surface area contributed by atoms with Crippen LogP contribution in [0.3, 0.4) is 0 Å². The molecular formula is C122H192N2O11. The number of unbranched alkanes of at least 4 members (excludes halogenated alkanes) is 52. The first-order valence-corrected chi connectivity index (χ1v) is 56.3. The molecule has 2 heterocycles. The lowest BCUT2D eigenvalue weighted by molar-refractivity contribution is -0.390. The van der Waals surface area contributed by atoms with Gasteiger partial charge in [-0.3, -0.25) is 9.59 Å². The summed E-state index contributed by atoms with van der Waals surface area (Å²) in [7, 11) is 0. The first-order valence-electron chi connectivity index (χ1n) is 56.3. The van der Waals surface area contributed by atoms with Crippen molar-refractivity contribution >= 4 is 11.8 Å². The molecular weight excluding hydrogens is 1670 g/mol. The van der Waals surface area contributed by atoms with Crippen LogP contribution < -0.4 is 10.6 Å². The third kappa shape index (κ3) is 51.8. The fourth-order valence-corrected chi connectivity index (χ4v) is 20.0. The number of carbonyl (C=O) groups excluding carboxylic acids is 2. The maximum absolute atomic E-state index is 15.6. The number of amides is 2.